The van der Waals surface area contributed by atoms with Gasteiger partial charge in [0.1, 0.15) is 0 Å². The van der Waals surface area contributed by atoms with Crippen LogP contribution in [-0.2, 0) is 0 Å². The number of rotatable bonds is 6. The second-order valence-electron chi connectivity index (χ2n) is 7.70. The second kappa shape index (κ2) is 10.1. The molecule has 6 nitrogen and oxygen atoms in total. The van der Waals surface area contributed by atoms with Crippen LogP contribution >= 0.6 is 0 Å². The molecule has 0 atom stereocenters. The van der Waals surface area contributed by atoms with Crippen LogP contribution in [0.3, 0.4) is 0 Å². The van der Waals surface area contributed by atoms with Gasteiger partial charge < -0.3 is 20.4 Å². The SMILES string of the molecule is CCN(CC)C(=O)c1cc(NC(=O)Nc2ccc(C)cc2)ccc1N1CCCCC1. The largest absolute Gasteiger partial charge is 0.371 e. The van der Waals surface area contributed by atoms with E-state index in [1.165, 1.54) is 6.42 Å². The summed E-state index contributed by atoms with van der Waals surface area (Å²) in [5, 5.41) is 5.70. The van der Waals surface area contributed by atoms with Crippen LogP contribution in [0.5, 0.6) is 0 Å². The molecule has 2 aromatic rings. The van der Waals surface area contributed by atoms with E-state index in [0.29, 0.717) is 24.3 Å². The summed E-state index contributed by atoms with van der Waals surface area (Å²) in [6, 6.07) is 12.9. The average molecular weight is 409 g/mol. The van der Waals surface area contributed by atoms with E-state index in [0.717, 1.165) is 42.9 Å². The third-order valence-electron chi connectivity index (χ3n) is 5.54. The summed E-state index contributed by atoms with van der Waals surface area (Å²) in [6.07, 6.45) is 3.50. The summed E-state index contributed by atoms with van der Waals surface area (Å²) in [5.41, 5.74) is 4.07. The number of hydrogen-bond acceptors (Lipinski definition) is 3. The topological polar surface area (TPSA) is 64.7 Å². The van der Waals surface area contributed by atoms with E-state index in [2.05, 4.69) is 15.5 Å². The van der Waals surface area contributed by atoms with Crippen LogP contribution in [0, 0.1) is 6.92 Å². The number of nitrogens with one attached hydrogen (secondary N) is 2. The lowest BCUT2D eigenvalue weighted by Gasteiger charge is -2.31. The zero-order valence-electron chi connectivity index (χ0n) is 18.2. The molecule has 1 aliphatic heterocycles. The Morgan fingerprint density at radius 1 is 0.900 bits per heavy atom. The molecule has 3 rings (SSSR count). The van der Waals surface area contributed by atoms with E-state index < -0.39 is 0 Å². The predicted octanol–water partition coefficient (Wildman–Crippen LogP) is 5.11. The first-order valence-corrected chi connectivity index (χ1v) is 10.8. The summed E-state index contributed by atoms with van der Waals surface area (Å²) in [7, 11) is 0. The van der Waals surface area contributed by atoms with Gasteiger partial charge in [-0.25, -0.2) is 4.79 Å². The van der Waals surface area contributed by atoms with Gasteiger partial charge in [0.25, 0.3) is 5.91 Å². The highest BCUT2D eigenvalue weighted by molar-refractivity contribution is 6.04. The minimum absolute atomic E-state index is 0.00293. The van der Waals surface area contributed by atoms with Gasteiger partial charge in [-0.3, -0.25) is 4.79 Å². The van der Waals surface area contributed by atoms with Gasteiger partial charge in [-0.05, 0) is 70.4 Å². The predicted molar refractivity (Wildman–Crippen MR) is 124 cm³/mol. The summed E-state index contributed by atoms with van der Waals surface area (Å²) >= 11 is 0. The van der Waals surface area contributed by atoms with Crippen LogP contribution in [-0.4, -0.2) is 43.0 Å². The van der Waals surface area contributed by atoms with E-state index >= 15 is 0 Å². The Kier molecular flexibility index (Phi) is 7.33. The number of carbonyl (C=O) groups is 2. The van der Waals surface area contributed by atoms with Crippen molar-refractivity contribution in [3.05, 3.63) is 53.6 Å². The molecule has 0 spiro atoms. The van der Waals surface area contributed by atoms with Crippen LogP contribution in [0.2, 0.25) is 0 Å². The number of carbonyl (C=O) groups excluding carboxylic acids is 2. The molecular formula is C24H32N4O2. The highest BCUT2D eigenvalue weighted by atomic mass is 16.2. The molecule has 1 saturated heterocycles. The fraction of sp³-hybridized carbons (Fsp3) is 0.417. The van der Waals surface area contributed by atoms with Gasteiger partial charge in [0, 0.05) is 43.2 Å². The molecule has 0 radical (unpaired) electrons. The molecular weight excluding hydrogens is 376 g/mol. The molecule has 0 unspecified atom stereocenters. The van der Waals surface area contributed by atoms with E-state index in [9.17, 15) is 9.59 Å². The number of hydrogen-bond donors (Lipinski definition) is 2. The fourth-order valence-electron chi connectivity index (χ4n) is 3.81. The van der Waals surface area contributed by atoms with Crippen molar-refractivity contribution in [2.75, 3.05) is 41.7 Å². The van der Waals surface area contributed by atoms with Gasteiger partial charge in [-0.1, -0.05) is 17.7 Å². The lowest BCUT2D eigenvalue weighted by molar-refractivity contribution is 0.0773. The summed E-state index contributed by atoms with van der Waals surface area (Å²) in [6.45, 7) is 9.19. The van der Waals surface area contributed by atoms with Crippen LogP contribution in [0.25, 0.3) is 0 Å². The Hall–Kier alpha value is -3.02. The average Bonchev–Trinajstić information content (AvgIpc) is 2.76. The molecule has 2 aromatic carbocycles. The van der Waals surface area contributed by atoms with Crippen molar-refractivity contribution < 1.29 is 9.59 Å². The van der Waals surface area contributed by atoms with E-state index in [-0.39, 0.29) is 11.9 Å². The molecule has 0 aliphatic carbocycles. The zero-order chi connectivity index (χ0) is 21.5. The van der Waals surface area contributed by atoms with Crippen molar-refractivity contribution in [3.63, 3.8) is 0 Å². The Balaban J connectivity index is 1.82. The maximum atomic E-state index is 13.2. The minimum atomic E-state index is -0.328. The maximum Gasteiger partial charge on any atom is 0.323 e. The highest BCUT2D eigenvalue weighted by Gasteiger charge is 2.22. The van der Waals surface area contributed by atoms with Crippen molar-refractivity contribution in [2.24, 2.45) is 0 Å². The highest BCUT2D eigenvalue weighted by Crippen LogP contribution is 2.28. The third kappa shape index (κ3) is 5.32. The molecule has 0 saturated carbocycles. The number of anilines is 3. The van der Waals surface area contributed by atoms with Crippen LogP contribution in [0.15, 0.2) is 42.5 Å². The quantitative estimate of drug-likeness (QED) is 0.698. The molecule has 30 heavy (non-hydrogen) atoms. The fourth-order valence-corrected chi connectivity index (χ4v) is 3.81. The van der Waals surface area contributed by atoms with Gasteiger partial charge in [0.15, 0.2) is 0 Å². The third-order valence-corrected chi connectivity index (χ3v) is 5.54. The van der Waals surface area contributed by atoms with E-state index in [1.54, 1.807) is 6.07 Å². The van der Waals surface area contributed by atoms with Gasteiger partial charge in [-0.15, -0.1) is 0 Å². The number of nitrogens with zero attached hydrogens (tertiary/aromatic N) is 2. The first-order valence-electron chi connectivity index (χ1n) is 10.8. The summed E-state index contributed by atoms with van der Waals surface area (Å²) in [4.78, 5) is 29.8. The monoisotopic (exact) mass is 408 g/mol. The number of urea groups is 1. The number of piperidine rings is 1. The van der Waals surface area contributed by atoms with Crippen LogP contribution in [0.4, 0.5) is 21.9 Å². The van der Waals surface area contributed by atoms with E-state index in [4.69, 9.17) is 0 Å². The normalized spacial score (nSPS) is 13.6. The standard InChI is InChI=1S/C24H32N4O2/c1-4-27(5-2)23(29)21-17-20(13-14-22(21)28-15-7-6-8-16-28)26-24(30)25-19-11-9-18(3)10-12-19/h9-14,17H,4-8,15-16H2,1-3H3,(H2,25,26,30). The molecule has 3 amide bonds. The molecule has 160 valence electrons. The Labute approximate surface area is 179 Å². The van der Waals surface area contributed by atoms with Gasteiger partial charge >= 0.3 is 6.03 Å². The molecule has 0 aromatic heterocycles. The molecule has 6 heteroatoms. The smallest absolute Gasteiger partial charge is 0.323 e. The van der Waals surface area contributed by atoms with Crippen molar-refractivity contribution in [1.82, 2.24) is 4.90 Å². The zero-order valence-corrected chi connectivity index (χ0v) is 18.2. The lowest BCUT2D eigenvalue weighted by atomic mass is 10.1. The second-order valence-corrected chi connectivity index (χ2v) is 7.70. The van der Waals surface area contributed by atoms with Gasteiger partial charge in [0.05, 0.1) is 5.56 Å². The maximum absolute atomic E-state index is 13.2. The number of amides is 3. The number of aryl methyl sites for hydroxylation is 1. The van der Waals surface area contributed by atoms with Crippen molar-refractivity contribution in [1.29, 1.82) is 0 Å². The Morgan fingerprint density at radius 2 is 1.50 bits per heavy atom. The molecule has 1 heterocycles. The van der Waals surface area contributed by atoms with Crippen molar-refractivity contribution >= 4 is 29.0 Å². The van der Waals surface area contributed by atoms with Crippen LogP contribution in [0.1, 0.15) is 49.0 Å². The van der Waals surface area contributed by atoms with Crippen molar-refractivity contribution in [3.8, 4) is 0 Å². The Morgan fingerprint density at radius 3 is 2.13 bits per heavy atom. The molecule has 2 N–H and O–H groups in total. The van der Waals surface area contributed by atoms with Crippen molar-refractivity contribution in [2.45, 2.75) is 40.0 Å². The summed E-state index contributed by atoms with van der Waals surface area (Å²) < 4.78 is 0. The first-order chi connectivity index (χ1) is 14.5. The molecule has 0 bridgehead atoms. The van der Waals surface area contributed by atoms with Gasteiger partial charge in [-0.2, -0.15) is 0 Å². The first kappa shape index (κ1) is 21.7. The van der Waals surface area contributed by atoms with Crippen LogP contribution < -0.4 is 15.5 Å². The lowest BCUT2D eigenvalue weighted by Crippen LogP contribution is -2.35. The Bertz CT molecular complexity index is 869. The summed E-state index contributed by atoms with van der Waals surface area (Å²) in [5.74, 6) is 0.00293. The number of benzene rings is 2. The van der Waals surface area contributed by atoms with Gasteiger partial charge in [0.2, 0.25) is 0 Å². The minimum Gasteiger partial charge on any atom is -0.371 e. The molecule has 1 aliphatic rings. The van der Waals surface area contributed by atoms with E-state index in [1.807, 2.05) is 62.1 Å². The molecule has 1 fully saturated rings.